The fraction of sp³-hybridized carbons (Fsp3) is 0.143. The number of aromatic nitrogens is 3. The Labute approximate surface area is 116 Å². The van der Waals surface area contributed by atoms with Crippen LogP contribution in [0.25, 0.3) is 16.9 Å². The summed E-state index contributed by atoms with van der Waals surface area (Å²) in [4.78, 5) is 5.26. The SMILES string of the molecule is CN(C)c1cccc(-c2c[nH+]c3ccc(Cl)nn23)c1. The summed E-state index contributed by atoms with van der Waals surface area (Å²) >= 11 is 5.96. The van der Waals surface area contributed by atoms with E-state index in [1.165, 1.54) is 0 Å². The van der Waals surface area contributed by atoms with Crippen LogP contribution in [0.1, 0.15) is 0 Å². The number of nitrogens with one attached hydrogen (secondary N) is 1. The van der Waals surface area contributed by atoms with E-state index < -0.39 is 0 Å². The van der Waals surface area contributed by atoms with E-state index in [1.54, 1.807) is 6.07 Å². The lowest BCUT2D eigenvalue weighted by atomic mass is 10.1. The molecule has 0 amide bonds. The van der Waals surface area contributed by atoms with Crippen LogP contribution in [0.15, 0.2) is 42.6 Å². The largest absolute Gasteiger partial charge is 0.378 e. The molecule has 0 aliphatic rings. The molecule has 0 spiro atoms. The zero-order valence-corrected chi connectivity index (χ0v) is 11.5. The Kier molecular flexibility index (Phi) is 2.87. The molecule has 5 heteroatoms. The number of H-pyrrole nitrogens is 1. The van der Waals surface area contributed by atoms with Gasteiger partial charge in [-0.3, -0.25) is 0 Å². The lowest BCUT2D eigenvalue weighted by Crippen LogP contribution is -2.08. The van der Waals surface area contributed by atoms with Crippen molar-refractivity contribution in [2.24, 2.45) is 0 Å². The summed E-state index contributed by atoms with van der Waals surface area (Å²) in [5.41, 5.74) is 4.14. The first-order chi connectivity index (χ1) is 9.15. The molecule has 96 valence electrons. The third-order valence-electron chi connectivity index (χ3n) is 3.05. The summed E-state index contributed by atoms with van der Waals surface area (Å²) in [5.74, 6) is 0. The monoisotopic (exact) mass is 273 g/mol. The normalized spacial score (nSPS) is 10.9. The van der Waals surface area contributed by atoms with Crippen LogP contribution in [0.5, 0.6) is 0 Å². The van der Waals surface area contributed by atoms with Crippen LogP contribution in [-0.4, -0.2) is 23.7 Å². The predicted molar refractivity (Wildman–Crippen MR) is 76.5 cm³/mol. The molecular weight excluding hydrogens is 260 g/mol. The summed E-state index contributed by atoms with van der Waals surface area (Å²) in [7, 11) is 4.05. The number of benzene rings is 1. The maximum absolute atomic E-state index is 5.96. The standard InChI is InChI=1S/C14H13ClN4/c1-18(2)11-5-3-4-10(8-11)12-9-16-14-7-6-13(15)17-19(12)14/h3-9H,1-2H3/p+1. The molecule has 0 bridgehead atoms. The first kappa shape index (κ1) is 12.0. The van der Waals surface area contributed by atoms with E-state index in [1.807, 2.05) is 36.9 Å². The first-order valence-electron chi connectivity index (χ1n) is 5.99. The van der Waals surface area contributed by atoms with Gasteiger partial charge in [-0.25, -0.2) is 4.98 Å². The van der Waals surface area contributed by atoms with Crippen molar-refractivity contribution in [2.45, 2.75) is 0 Å². The molecule has 0 fully saturated rings. The van der Waals surface area contributed by atoms with Gasteiger partial charge in [0.25, 0.3) is 0 Å². The molecule has 0 unspecified atom stereocenters. The maximum atomic E-state index is 5.96. The van der Waals surface area contributed by atoms with Crippen molar-refractivity contribution in [3.8, 4) is 11.3 Å². The summed E-state index contributed by atoms with van der Waals surface area (Å²) < 4.78 is 1.82. The molecule has 2 aromatic heterocycles. The number of rotatable bonds is 2. The summed E-state index contributed by atoms with van der Waals surface area (Å²) in [6.07, 6.45) is 1.94. The highest BCUT2D eigenvalue weighted by Gasteiger charge is 2.15. The summed E-state index contributed by atoms with van der Waals surface area (Å²) in [5, 5.41) is 4.80. The van der Waals surface area contributed by atoms with E-state index in [9.17, 15) is 0 Å². The molecule has 1 aromatic carbocycles. The number of fused-ring (bicyclic) bond motifs is 1. The van der Waals surface area contributed by atoms with Crippen molar-refractivity contribution in [3.63, 3.8) is 0 Å². The number of nitrogens with zero attached hydrogens (tertiary/aromatic N) is 3. The Bertz CT molecular complexity index is 733. The minimum atomic E-state index is 0.474. The number of anilines is 1. The average molecular weight is 274 g/mol. The molecule has 3 aromatic rings. The molecule has 3 rings (SSSR count). The van der Waals surface area contributed by atoms with Crippen LogP contribution < -0.4 is 9.88 Å². The van der Waals surface area contributed by atoms with E-state index in [0.29, 0.717) is 5.15 Å². The minimum absolute atomic E-state index is 0.474. The first-order valence-corrected chi connectivity index (χ1v) is 6.37. The molecule has 0 atom stereocenters. The van der Waals surface area contributed by atoms with Crippen molar-refractivity contribution >= 4 is 22.9 Å². The van der Waals surface area contributed by atoms with Gasteiger partial charge in [-0.1, -0.05) is 33.3 Å². The van der Waals surface area contributed by atoms with Gasteiger partial charge in [0.15, 0.2) is 5.15 Å². The van der Waals surface area contributed by atoms with E-state index >= 15 is 0 Å². The fourth-order valence-corrected chi connectivity index (χ4v) is 2.18. The molecule has 0 aliphatic heterocycles. The number of hydrogen-bond donors (Lipinski definition) is 0. The van der Waals surface area contributed by atoms with Gasteiger partial charge in [-0.05, 0) is 18.2 Å². The van der Waals surface area contributed by atoms with E-state index in [4.69, 9.17) is 11.6 Å². The summed E-state index contributed by atoms with van der Waals surface area (Å²) in [6, 6.07) is 12.0. The fourth-order valence-electron chi connectivity index (χ4n) is 2.05. The van der Waals surface area contributed by atoms with Crippen LogP contribution >= 0.6 is 11.6 Å². The quantitative estimate of drug-likeness (QED) is 0.719. The molecule has 1 N–H and O–H groups in total. The minimum Gasteiger partial charge on any atom is -0.378 e. The third kappa shape index (κ3) is 2.15. The molecular formula is C14H14ClN4+. The van der Waals surface area contributed by atoms with Gasteiger partial charge in [0, 0.05) is 31.4 Å². The third-order valence-corrected chi connectivity index (χ3v) is 3.25. The predicted octanol–water partition coefficient (Wildman–Crippen LogP) is 2.53. The van der Waals surface area contributed by atoms with Crippen molar-refractivity contribution in [1.82, 2.24) is 9.61 Å². The maximum Gasteiger partial charge on any atom is 0.305 e. The van der Waals surface area contributed by atoms with E-state index in [0.717, 1.165) is 22.6 Å². The highest BCUT2D eigenvalue weighted by molar-refractivity contribution is 6.29. The molecule has 0 saturated heterocycles. The van der Waals surface area contributed by atoms with Gasteiger partial charge in [0.05, 0.1) is 0 Å². The molecule has 19 heavy (non-hydrogen) atoms. The molecule has 0 saturated carbocycles. The van der Waals surface area contributed by atoms with Gasteiger partial charge in [0.1, 0.15) is 6.20 Å². The van der Waals surface area contributed by atoms with Crippen molar-refractivity contribution < 1.29 is 4.98 Å². The molecule has 4 nitrogen and oxygen atoms in total. The number of hydrogen-bond acceptors (Lipinski definition) is 2. The zero-order chi connectivity index (χ0) is 13.4. The van der Waals surface area contributed by atoms with E-state index in [-0.39, 0.29) is 0 Å². The van der Waals surface area contributed by atoms with Crippen LogP contribution in [-0.2, 0) is 0 Å². The topological polar surface area (TPSA) is 34.7 Å². The molecule has 0 aliphatic carbocycles. The Morgan fingerprint density at radius 3 is 2.84 bits per heavy atom. The van der Waals surface area contributed by atoms with E-state index in [2.05, 4.69) is 33.2 Å². The van der Waals surface area contributed by atoms with Gasteiger partial charge in [0.2, 0.25) is 5.69 Å². The van der Waals surface area contributed by atoms with Gasteiger partial charge < -0.3 is 4.90 Å². The Morgan fingerprint density at radius 1 is 1.21 bits per heavy atom. The Hall–Kier alpha value is -2.07. The van der Waals surface area contributed by atoms with Crippen LogP contribution in [0, 0.1) is 0 Å². The van der Waals surface area contributed by atoms with Crippen molar-refractivity contribution in [3.05, 3.63) is 47.7 Å². The van der Waals surface area contributed by atoms with Crippen LogP contribution in [0.3, 0.4) is 0 Å². The smallest absolute Gasteiger partial charge is 0.305 e. The van der Waals surface area contributed by atoms with Gasteiger partial charge >= 0.3 is 5.65 Å². The van der Waals surface area contributed by atoms with Gasteiger partial charge in [-0.15, -0.1) is 0 Å². The van der Waals surface area contributed by atoms with Crippen LogP contribution in [0.4, 0.5) is 5.69 Å². The average Bonchev–Trinajstić information content (AvgIpc) is 2.81. The second-order valence-corrected chi connectivity index (χ2v) is 4.96. The van der Waals surface area contributed by atoms with Gasteiger partial charge in [-0.2, -0.15) is 0 Å². The Balaban J connectivity index is 2.18. The lowest BCUT2D eigenvalue weighted by molar-refractivity contribution is -0.343. The second-order valence-electron chi connectivity index (χ2n) is 4.57. The number of halogens is 1. The summed E-state index contributed by atoms with van der Waals surface area (Å²) in [6.45, 7) is 0. The Morgan fingerprint density at radius 2 is 2.05 bits per heavy atom. The number of aromatic amines is 1. The molecule has 0 radical (unpaired) electrons. The number of imidazole rings is 1. The molecule has 2 heterocycles. The second kappa shape index (κ2) is 4.55. The van der Waals surface area contributed by atoms with Crippen LogP contribution in [0.2, 0.25) is 5.15 Å². The van der Waals surface area contributed by atoms with Crippen molar-refractivity contribution in [1.29, 1.82) is 0 Å². The lowest BCUT2D eigenvalue weighted by Gasteiger charge is -2.12. The zero-order valence-electron chi connectivity index (χ0n) is 10.8. The highest BCUT2D eigenvalue weighted by Crippen LogP contribution is 2.23. The highest BCUT2D eigenvalue weighted by atomic mass is 35.5. The van der Waals surface area contributed by atoms with Crippen molar-refractivity contribution in [2.75, 3.05) is 19.0 Å².